The molecule has 160 valence electrons. The van der Waals surface area contributed by atoms with E-state index in [0.29, 0.717) is 37.6 Å². The molecule has 1 saturated heterocycles. The van der Waals surface area contributed by atoms with Gasteiger partial charge in [0.05, 0.1) is 17.7 Å². The Labute approximate surface area is 181 Å². The molecule has 1 amide bonds. The first kappa shape index (κ1) is 21.0. The summed E-state index contributed by atoms with van der Waals surface area (Å²) in [5.74, 6) is 1.26. The van der Waals surface area contributed by atoms with Gasteiger partial charge < -0.3 is 15.0 Å². The van der Waals surface area contributed by atoms with Crippen molar-refractivity contribution in [2.24, 2.45) is 5.92 Å². The van der Waals surface area contributed by atoms with Gasteiger partial charge >= 0.3 is 0 Å². The van der Waals surface area contributed by atoms with Crippen molar-refractivity contribution >= 4 is 39.1 Å². The third-order valence-electron chi connectivity index (χ3n) is 5.44. The Kier molecular flexibility index (Phi) is 5.95. The highest BCUT2D eigenvalue weighted by molar-refractivity contribution is 7.99. The molecular weight excluding hydrogens is 422 g/mol. The average molecular weight is 448 g/mol. The second-order valence-electron chi connectivity index (χ2n) is 7.45. The van der Waals surface area contributed by atoms with Gasteiger partial charge in [-0.15, -0.1) is 11.8 Å². The van der Waals surface area contributed by atoms with Crippen LogP contribution in [0, 0.1) is 5.92 Å². The largest absolute Gasteiger partial charge is 0.497 e. The number of nitrogens with zero attached hydrogens (tertiary/aromatic N) is 2. The highest BCUT2D eigenvalue weighted by Gasteiger charge is 2.30. The quantitative estimate of drug-likeness (QED) is 0.777. The summed E-state index contributed by atoms with van der Waals surface area (Å²) in [7, 11) is -2.00. The predicted molar refractivity (Wildman–Crippen MR) is 119 cm³/mol. The molecule has 0 radical (unpaired) electrons. The first-order chi connectivity index (χ1) is 14.4. The summed E-state index contributed by atoms with van der Waals surface area (Å²) in [5.41, 5.74) is 1.59. The fourth-order valence-corrected chi connectivity index (χ4v) is 6.04. The topological polar surface area (TPSA) is 79.0 Å². The first-order valence-electron chi connectivity index (χ1n) is 9.85. The van der Waals surface area contributed by atoms with E-state index in [-0.39, 0.29) is 16.7 Å². The number of amides is 1. The monoisotopic (exact) mass is 447 g/mol. The number of piperazine rings is 1. The van der Waals surface area contributed by atoms with Gasteiger partial charge in [0.2, 0.25) is 15.9 Å². The molecule has 4 rings (SSSR count). The normalized spacial score (nSPS) is 20.3. The van der Waals surface area contributed by atoms with Crippen LogP contribution in [0.1, 0.15) is 6.92 Å². The fourth-order valence-electron chi connectivity index (χ4n) is 3.58. The van der Waals surface area contributed by atoms with Crippen molar-refractivity contribution < 1.29 is 17.9 Å². The van der Waals surface area contributed by atoms with Crippen LogP contribution >= 0.6 is 11.8 Å². The fraction of sp³-hybridized carbons (Fsp3) is 0.381. The van der Waals surface area contributed by atoms with Gasteiger partial charge in [0.25, 0.3) is 0 Å². The van der Waals surface area contributed by atoms with Gasteiger partial charge in [-0.3, -0.25) is 4.79 Å². The summed E-state index contributed by atoms with van der Waals surface area (Å²) < 4.78 is 33.2. The predicted octanol–water partition coefficient (Wildman–Crippen LogP) is 2.89. The molecule has 1 N–H and O–H groups in total. The number of thioether (sulfide) groups is 1. The van der Waals surface area contributed by atoms with Crippen molar-refractivity contribution in [3.8, 4) is 5.75 Å². The molecule has 2 aliphatic heterocycles. The number of carbonyl (C=O) groups excluding carboxylic acids is 1. The van der Waals surface area contributed by atoms with E-state index in [1.807, 2.05) is 31.2 Å². The lowest BCUT2D eigenvalue weighted by Gasteiger charge is -2.35. The number of rotatable bonds is 4. The molecule has 2 heterocycles. The SMILES string of the molecule is COc1cccc(N2CCN(S(=O)(=O)c3ccc4c(c3)NC(=O)C(C)CS4)CC2)c1. The Morgan fingerprint density at radius 2 is 1.87 bits per heavy atom. The number of nitrogens with one attached hydrogen (secondary N) is 1. The van der Waals surface area contributed by atoms with E-state index in [9.17, 15) is 13.2 Å². The Morgan fingerprint density at radius 1 is 1.10 bits per heavy atom. The molecule has 1 fully saturated rings. The number of hydrogen-bond donors (Lipinski definition) is 1. The standard InChI is InChI=1S/C21H25N3O4S2/c1-15-14-29-20-7-6-18(13-19(20)22-21(15)25)30(26,27)24-10-8-23(9-11-24)16-4-3-5-17(12-16)28-2/h3-7,12-13,15H,8-11,14H2,1-2H3,(H,22,25). The van der Waals surface area contributed by atoms with E-state index in [1.165, 1.54) is 4.31 Å². The molecule has 1 unspecified atom stereocenters. The third-order valence-corrected chi connectivity index (χ3v) is 8.67. The zero-order chi connectivity index (χ0) is 21.3. The van der Waals surface area contributed by atoms with Crippen molar-refractivity contribution in [2.75, 3.05) is 49.3 Å². The number of carbonyl (C=O) groups is 1. The van der Waals surface area contributed by atoms with Crippen LogP contribution in [0.25, 0.3) is 0 Å². The van der Waals surface area contributed by atoms with Crippen molar-refractivity contribution in [2.45, 2.75) is 16.7 Å². The number of anilines is 2. The number of methoxy groups -OCH3 is 1. The minimum absolute atomic E-state index is 0.0808. The van der Waals surface area contributed by atoms with E-state index >= 15 is 0 Å². The summed E-state index contributed by atoms with van der Waals surface area (Å²) in [6.07, 6.45) is 0. The second kappa shape index (κ2) is 8.49. The minimum Gasteiger partial charge on any atom is -0.497 e. The molecule has 30 heavy (non-hydrogen) atoms. The Bertz CT molecular complexity index is 1050. The van der Waals surface area contributed by atoms with Crippen molar-refractivity contribution in [1.29, 1.82) is 0 Å². The lowest BCUT2D eigenvalue weighted by atomic mass is 10.2. The van der Waals surface area contributed by atoms with Crippen LogP contribution < -0.4 is 15.0 Å². The lowest BCUT2D eigenvalue weighted by Crippen LogP contribution is -2.48. The Hall–Kier alpha value is -2.23. The molecule has 7 nitrogen and oxygen atoms in total. The summed E-state index contributed by atoms with van der Waals surface area (Å²) in [5, 5.41) is 2.86. The molecule has 0 aromatic heterocycles. The molecule has 0 bridgehead atoms. The lowest BCUT2D eigenvalue weighted by molar-refractivity contribution is -0.118. The molecule has 0 saturated carbocycles. The summed E-state index contributed by atoms with van der Waals surface area (Å²) in [6, 6.07) is 12.8. The van der Waals surface area contributed by atoms with Crippen molar-refractivity contribution in [3.05, 3.63) is 42.5 Å². The highest BCUT2D eigenvalue weighted by Crippen LogP contribution is 2.35. The number of ether oxygens (including phenoxy) is 1. The molecule has 9 heteroatoms. The van der Waals surface area contributed by atoms with E-state index in [4.69, 9.17) is 4.74 Å². The summed E-state index contributed by atoms with van der Waals surface area (Å²) >= 11 is 1.57. The minimum atomic E-state index is -3.64. The zero-order valence-electron chi connectivity index (χ0n) is 17.0. The highest BCUT2D eigenvalue weighted by atomic mass is 32.2. The molecular formula is C21H25N3O4S2. The van der Waals surface area contributed by atoms with Crippen LogP contribution in [-0.2, 0) is 14.8 Å². The third kappa shape index (κ3) is 4.14. The maximum absolute atomic E-state index is 13.2. The molecule has 2 aromatic rings. The second-order valence-corrected chi connectivity index (χ2v) is 10.5. The molecule has 0 aliphatic carbocycles. The Balaban J connectivity index is 1.50. The summed E-state index contributed by atoms with van der Waals surface area (Å²) in [4.78, 5) is 15.4. The molecule has 0 spiro atoms. The zero-order valence-corrected chi connectivity index (χ0v) is 18.6. The van der Waals surface area contributed by atoms with Gasteiger partial charge in [-0.1, -0.05) is 13.0 Å². The van der Waals surface area contributed by atoms with Gasteiger partial charge in [0.15, 0.2) is 0 Å². The van der Waals surface area contributed by atoms with Crippen molar-refractivity contribution in [3.63, 3.8) is 0 Å². The average Bonchev–Trinajstić information content (AvgIpc) is 2.91. The first-order valence-corrected chi connectivity index (χ1v) is 12.3. The van der Waals surface area contributed by atoms with Crippen LogP contribution in [0.4, 0.5) is 11.4 Å². The number of benzene rings is 2. The van der Waals surface area contributed by atoms with E-state index in [2.05, 4.69) is 10.2 Å². The van der Waals surface area contributed by atoms with Gasteiger partial charge in [-0.05, 0) is 30.3 Å². The number of hydrogen-bond acceptors (Lipinski definition) is 6. The maximum Gasteiger partial charge on any atom is 0.243 e. The van der Waals surface area contributed by atoms with Crippen LogP contribution in [-0.4, -0.2) is 57.7 Å². The molecule has 2 aliphatic rings. The van der Waals surface area contributed by atoms with E-state index in [1.54, 1.807) is 37.1 Å². The van der Waals surface area contributed by atoms with Crippen molar-refractivity contribution in [1.82, 2.24) is 4.31 Å². The summed E-state index contributed by atoms with van der Waals surface area (Å²) in [6.45, 7) is 3.86. The van der Waals surface area contributed by atoms with E-state index < -0.39 is 10.0 Å². The van der Waals surface area contributed by atoms with Crippen LogP contribution in [0.3, 0.4) is 0 Å². The van der Waals surface area contributed by atoms with Gasteiger partial charge in [0, 0.05) is 54.5 Å². The van der Waals surface area contributed by atoms with Gasteiger partial charge in [0.1, 0.15) is 5.75 Å². The smallest absolute Gasteiger partial charge is 0.243 e. The van der Waals surface area contributed by atoms with E-state index in [0.717, 1.165) is 16.3 Å². The van der Waals surface area contributed by atoms with Crippen LogP contribution in [0.2, 0.25) is 0 Å². The number of sulfonamides is 1. The van der Waals surface area contributed by atoms with Gasteiger partial charge in [-0.2, -0.15) is 4.31 Å². The Morgan fingerprint density at radius 3 is 2.60 bits per heavy atom. The van der Waals surface area contributed by atoms with Crippen LogP contribution in [0.15, 0.2) is 52.3 Å². The molecule has 2 aromatic carbocycles. The van der Waals surface area contributed by atoms with Gasteiger partial charge in [-0.25, -0.2) is 8.42 Å². The number of fused-ring (bicyclic) bond motifs is 1. The van der Waals surface area contributed by atoms with Crippen LogP contribution in [0.5, 0.6) is 5.75 Å². The maximum atomic E-state index is 13.2. The molecule has 1 atom stereocenters.